The molecule has 35 heavy (non-hydrogen) atoms. The number of benzene rings is 1. The number of halogens is 1. The van der Waals surface area contributed by atoms with E-state index in [1.54, 1.807) is 6.33 Å². The highest BCUT2D eigenvalue weighted by molar-refractivity contribution is 9.10. The summed E-state index contributed by atoms with van der Waals surface area (Å²) in [6, 6.07) is 3.82. The van der Waals surface area contributed by atoms with E-state index in [4.69, 9.17) is 20.2 Å². The number of nitrogens with two attached hydrogens (primary N) is 1. The molecular weight excluding hydrogens is 532 g/mol. The molecule has 1 amide bonds. The van der Waals surface area contributed by atoms with E-state index in [2.05, 4.69) is 37.7 Å². The van der Waals surface area contributed by atoms with Crippen LogP contribution in [0.5, 0.6) is 11.5 Å². The van der Waals surface area contributed by atoms with E-state index in [1.807, 2.05) is 16.7 Å². The summed E-state index contributed by atoms with van der Waals surface area (Å²) in [7, 11) is 0. The zero-order valence-corrected chi connectivity index (χ0v) is 21.9. The lowest BCUT2D eigenvalue weighted by molar-refractivity contribution is -0.137. The van der Waals surface area contributed by atoms with Crippen molar-refractivity contribution in [3.63, 3.8) is 0 Å². The number of anilines is 1. The fourth-order valence-electron chi connectivity index (χ4n) is 4.75. The van der Waals surface area contributed by atoms with Crippen molar-refractivity contribution < 1.29 is 14.3 Å². The summed E-state index contributed by atoms with van der Waals surface area (Å²) in [5.41, 5.74) is 6.68. The number of carbonyl (C=O) groups is 1. The van der Waals surface area contributed by atoms with Crippen LogP contribution >= 0.6 is 27.7 Å². The molecule has 1 aromatic rings. The van der Waals surface area contributed by atoms with Gasteiger partial charge in [0.1, 0.15) is 0 Å². The van der Waals surface area contributed by atoms with Crippen LogP contribution in [0.25, 0.3) is 11.5 Å². The summed E-state index contributed by atoms with van der Waals surface area (Å²) in [5, 5.41) is 0.605. The summed E-state index contributed by atoms with van der Waals surface area (Å²) in [6.45, 7) is 4.83. The van der Waals surface area contributed by atoms with Crippen molar-refractivity contribution in [3.8, 4) is 23.0 Å². The third-order valence-corrected chi connectivity index (χ3v) is 9.14. The van der Waals surface area contributed by atoms with Gasteiger partial charge in [-0.3, -0.25) is 4.79 Å². The van der Waals surface area contributed by atoms with Gasteiger partial charge in [-0.05, 0) is 77.8 Å². The zero-order chi connectivity index (χ0) is 24.2. The maximum absolute atomic E-state index is 12.6. The van der Waals surface area contributed by atoms with E-state index in [-0.39, 0.29) is 12.2 Å². The number of likely N-dealkylation sites (tertiary alicyclic amines) is 1. The maximum Gasteiger partial charge on any atom is 0.231 e. The maximum atomic E-state index is 12.6. The highest BCUT2D eigenvalue weighted by atomic mass is 79.9. The van der Waals surface area contributed by atoms with Gasteiger partial charge in [0, 0.05) is 34.4 Å². The average Bonchev–Trinajstić information content (AvgIpc) is 3.24. The number of imidazole rings is 1. The van der Waals surface area contributed by atoms with Crippen molar-refractivity contribution in [2.75, 3.05) is 25.6 Å². The lowest BCUT2D eigenvalue weighted by atomic mass is 9.92. The fourth-order valence-corrected chi connectivity index (χ4v) is 6.10. The first-order valence-electron chi connectivity index (χ1n) is 11.9. The number of piperidine rings is 1. The van der Waals surface area contributed by atoms with Gasteiger partial charge in [0.15, 0.2) is 34.0 Å². The number of nitrogen functional groups attached to an aromatic ring is 1. The Hall–Kier alpha value is -2.53. The standard InChI is InChI=1S/C24H27BrN6O3S/c1-24(5-6-24)22(32)30-7-2-14(3-8-30)4-9-31-12-27-20(26)19-21(31)29-23(28-19)35-18-11-17-16(10-15(18)25)33-13-34-17/h10-12,14H,2-9,13,26H2,1H3. The zero-order valence-electron chi connectivity index (χ0n) is 19.5. The first-order valence-corrected chi connectivity index (χ1v) is 13.6. The van der Waals surface area contributed by atoms with Crippen molar-refractivity contribution >= 4 is 39.4 Å². The quantitative estimate of drug-likeness (QED) is 0.473. The number of aromatic nitrogens is 4. The van der Waals surface area contributed by atoms with Crippen LogP contribution in [-0.4, -0.2) is 50.2 Å². The molecule has 1 aliphatic carbocycles. The van der Waals surface area contributed by atoms with Gasteiger partial charge >= 0.3 is 0 Å². The second-order valence-corrected chi connectivity index (χ2v) is 11.7. The molecule has 11 heteroatoms. The van der Waals surface area contributed by atoms with Gasteiger partial charge in [0.2, 0.25) is 12.7 Å². The molecule has 0 unspecified atom stereocenters. The van der Waals surface area contributed by atoms with E-state index in [1.165, 1.54) is 11.8 Å². The number of carbonyl (C=O) groups excluding carboxylic acids is 1. The molecule has 6 rings (SSSR count). The molecule has 5 aliphatic rings. The third kappa shape index (κ3) is 4.44. The molecule has 0 spiro atoms. The Morgan fingerprint density at radius 2 is 1.97 bits per heavy atom. The molecule has 0 radical (unpaired) electrons. The van der Waals surface area contributed by atoms with Gasteiger partial charge in [-0.25, -0.2) is 15.0 Å². The van der Waals surface area contributed by atoms with Crippen LogP contribution in [0, 0.1) is 11.3 Å². The number of ether oxygens (including phenoxy) is 2. The second-order valence-electron chi connectivity index (χ2n) is 9.82. The third-order valence-electron chi connectivity index (χ3n) is 7.30. The van der Waals surface area contributed by atoms with E-state index in [9.17, 15) is 4.79 Å². The largest absolute Gasteiger partial charge is 0.454 e. The Labute approximate surface area is 216 Å². The van der Waals surface area contributed by atoms with Crippen LogP contribution in [0.3, 0.4) is 0 Å². The lowest BCUT2D eigenvalue weighted by Gasteiger charge is -2.34. The summed E-state index contributed by atoms with van der Waals surface area (Å²) >= 11 is 5.04. The van der Waals surface area contributed by atoms with Gasteiger partial charge in [-0.15, -0.1) is 0 Å². The molecule has 4 heterocycles. The number of amides is 1. The summed E-state index contributed by atoms with van der Waals surface area (Å²) in [5.74, 6) is 3.47. The molecule has 0 atom stereocenters. The smallest absolute Gasteiger partial charge is 0.231 e. The van der Waals surface area contributed by atoms with Crippen molar-refractivity contribution in [2.24, 2.45) is 11.3 Å². The fraction of sp³-hybridized carbons (Fsp3) is 0.500. The summed E-state index contributed by atoms with van der Waals surface area (Å²) < 4.78 is 13.9. The molecule has 1 aromatic carbocycles. The molecule has 2 N–H and O–H groups in total. The molecule has 0 bridgehead atoms. The number of hydrogen-bond acceptors (Lipinski definition) is 8. The van der Waals surface area contributed by atoms with Gasteiger partial charge in [0.05, 0.1) is 6.33 Å². The van der Waals surface area contributed by atoms with Gasteiger partial charge in [-0.2, -0.15) is 0 Å². The molecular formula is C24H27BrN6O3S. The van der Waals surface area contributed by atoms with Crippen molar-refractivity contribution in [2.45, 2.75) is 55.6 Å². The first kappa shape index (κ1) is 22.9. The molecule has 4 aliphatic heterocycles. The van der Waals surface area contributed by atoms with Crippen LogP contribution in [0.4, 0.5) is 5.82 Å². The van der Waals surface area contributed by atoms with Crippen molar-refractivity contribution in [1.82, 2.24) is 24.4 Å². The Balaban J connectivity index is 1.13. The Morgan fingerprint density at radius 3 is 2.71 bits per heavy atom. The molecule has 184 valence electrons. The van der Waals surface area contributed by atoms with E-state index >= 15 is 0 Å². The first-order chi connectivity index (χ1) is 16.9. The summed E-state index contributed by atoms with van der Waals surface area (Å²) in [4.78, 5) is 29.4. The minimum atomic E-state index is -0.0771. The molecule has 2 fully saturated rings. The van der Waals surface area contributed by atoms with E-state index in [0.717, 1.165) is 72.7 Å². The summed E-state index contributed by atoms with van der Waals surface area (Å²) in [6.07, 6.45) is 6.92. The highest BCUT2D eigenvalue weighted by Gasteiger charge is 2.47. The number of rotatable bonds is 6. The molecule has 1 saturated carbocycles. The predicted octanol–water partition coefficient (Wildman–Crippen LogP) is 4.43. The van der Waals surface area contributed by atoms with Crippen molar-refractivity contribution in [1.29, 1.82) is 0 Å². The lowest BCUT2D eigenvalue weighted by Crippen LogP contribution is -2.42. The van der Waals surface area contributed by atoms with Gasteiger partial charge in [0.25, 0.3) is 0 Å². The van der Waals surface area contributed by atoms with Crippen LogP contribution in [-0.2, 0) is 11.3 Å². The second kappa shape index (κ2) is 8.85. The Kier molecular flexibility index (Phi) is 5.79. The van der Waals surface area contributed by atoms with E-state index < -0.39 is 0 Å². The minimum absolute atomic E-state index is 0.0771. The van der Waals surface area contributed by atoms with Crippen LogP contribution in [0.1, 0.15) is 39.0 Å². The predicted molar refractivity (Wildman–Crippen MR) is 135 cm³/mol. The van der Waals surface area contributed by atoms with E-state index in [0.29, 0.717) is 34.2 Å². The topological polar surface area (TPSA) is 108 Å². The molecule has 9 nitrogen and oxygen atoms in total. The minimum Gasteiger partial charge on any atom is -0.454 e. The van der Waals surface area contributed by atoms with Crippen LogP contribution in [0.15, 0.2) is 33.0 Å². The number of hydrogen-bond donors (Lipinski definition) is 1. The number of nitrogens with zero attached hydrogens (tertiary/aromatic N) is 5. The Bertz CT molecular complexity index is 1250. The van der Waals surface area contributed by atoms with Gasteiger partial charge in [-0.1, -0.05) is 6.92 Å². The van der Waals surface area contributed by atoms with Gasteiger partial charge < -0.3 is 24.7 Å². The highest BCUT2D eigenvalue weighted by Crippen LogP contribution is 2.47. The van der Waals surface area contributed by atoms with Crippen LogP contribution < -0.4 is 15.2 Å². The molecule has 0 aromatic heterocycles. The van der Waals surface area contributed by atoms with Crippen LogP contribution in [0.2, 0.25) is 0 Å². The average molecular weight is 559 g/mol. The Morgan fingerprint density at radius 1 is 1.23 bits per heavy atom. The normalized spacial score (nSPS) is 18.9. The number of fused-ring (bicyclic) bond motifs is 2. The van der Waals surface area contributed by atoms with Crippen molar-refractivity contribution in [3.05, 3.63) is 22.9 Å². The molecule has 1 saturated heterocycles. The monoisotopic (exact) mass is 558 g/mol. The SMILES string of the molecule is CC1(C(=O)N2CCC(CCn3cnc(N)c4nc(Sc5cc6c(cc5Br)OCO6)nc3-4)CC2)CC1. The number of aryl methyl sites for hydroxylation is 1.